The second kappa shape index (κ2) is 7.72. The molecule has 1 amide bonds. The number of methoxy groups -OCH3 is 1. The standard InChI is InChI=1S/C13H17BrN2O2.ClH/c1-18-12-5-4-10(6-11(12)14)16-13(17)8-15-7-9-2-3-9;/h4-6,9,15H,2-3,7-8H2,1H3,(H,16,17);1H. The monoisotopic (exact) mass is 348 g/mol. The Hall–Kier alpha value is -0.780. The topological polar surface area (TPSA) is 50.4 Å². The molecule has 1 aromatic carbocycles. The third-order valence-corrected chi connectivity index (χ3v) is 3.47. The molecule has 4 nitrogen and oxygen atoms in total. The van der Waals surface area contributed by atoms with E-state index < -0.39 is 0 Å². The number of hydrogen-bond donors (Lipinski definition) is 2. The van der Waals surface area contributed by atoms with Crippen molar-refractivity contribution in [3.8, 4) is 5.75 Å². The zero-order valence-electron chi connectivity index (χ0n) is 10.7. The van der Waals surface area contributed by atoms with Crippen molar-refractivity contribution in [1.82, 2.24) is 5.32 Å². The number of ether oxygens (including phenoxy) is 1. The molecule has 0 radical (unpaired) electrons. The minimum atomic E-state index is -0.0206. The van der Waals surface area contributed by atoms with Gasteiger partial charge < -0.3 is 15.4 Å². The quantitative estimate of drug-likeness (QED) is 0.830. The van der Waals surface area contributed by atoms with Crippen molar-refractivity contribution >= 4 is 39.9 Å². The predicted molar refractivity (Wildman–Crippen MR) is 82.2 cm³/mol. The van der Waals surface area contributed by atoms with E-state index in [2.05, 4.69) is 26.6 Å². The van der Waals surface area contributed by atoms with Crippen LogP contribution in [0.15, 0.2) is 22.7 Å². The van der Waals surface area contributed by atoms with Gasteiger partial charge in [0.2, 0.25) is 5.91 Å². The summed E-state index contributed by atoms with van der Waals surface area (Å²) in [5.41, 5.74) is 0.765. The van der Waals surface area contributed by atoms with Crippen LogP contribution in [0, 0.1) is 5.92 Å². The van der Waals surface area contributed by atoms with Crippen molar-refractivity contribution in [3.63, 3.8) is 0 Å². The highest BCUT2D eigenvalue weighted by Gasteiger charge is 2.20. The molecule has 2 rings (SSSR count). The second-order valence-electron chi connectivity index (χ2n) is 4.47. The van der Waals surface area contributed by atoms with Gasteiger partial charge in [0.25, 0.3) is 0 Å². The Morgan fingerprint density at radius 2 is 2.21 bits per heavy atom. The van der Waals surface area contributed by atoms with Crippen molar-refractivity contribution in [2.45, 2.75) is 12.8 Å². The van der Waals surface area contributed by atoms with Crippen molar-refractivity contribution in [1.29, 1.82) is 0 Å². The van der Waals surface area contributed by atoms with Crippen molar-refractivity contribution < 1.29 is 9.53 Å². The van der Waals surface area contributed by atoms with Crippen LogP contribution in [0.2, 0.25) is 0 Å². The maximum Gasteiger partial charge on any atom is 0.238 e. The summed E-state index contributed by atoms with van der Waals surface area (Å²) in [5, 5.41) is 6.00. The van der Waals surface area contributed by atoms with Gasteiger partial charge in [0.05, 0.1) is 18.1 Å². The number of anilines is 1. The van der Waals surface area contributed by atoms with Crippen LogP contribution in [-0.4, -0.2) is 26.1 Å². The van der Waals surface area contributed by atoms with E-state index in [4.69, 9.17) is 4.74 Å². The van der Waals surface area contributed by atoms with Gasteiger partial charge in [-0.15, -0.1) is 12.4 Å². The molecule has 0 bridgehead atoms. The van der Waals surface area contributed by atoms with Gasteiger partial charge in [0, 0.05) is 5.69 Å². The Labute approximate surface area is 127 Å². The van der Waals surface area contributed by atoms with E-state index in [1.165, 1.54) is 12.8 Å². The molecule has 0 atom stereocenters. The Bertz CT molecular complexity index is 439. The zero-order valence-corrected chi connectivity index (χ0v) is 13.1. The normalized spacial score (nSPS) is 13.6. The minimum Gasteiger partial charge on any atom is -0.496 e. The first-order valence-electron chi connectivity index (χ1n) is 6.03. The molecule has 0 heterocycles. The summed E-state index contributed by atoms with van der Waals surface area (Å²) < 4.78 is 5.96. The number of carbonyl (C=O) groups is 1. The molecule has 19 heavy (non-hydrogen) atoms. The number of rotatable bonds is 6. The second-order valence-corrected chi connectivity index (χ2v) is 5.33. The summed E-state index contributed by atoms with van der Waals surface area (Å²) >= 11 is 3.39. The first-order valence-corrected chi connectivity index (χ1v) is 6.82. The molecule has 1 saturated carbocycles. The molecule has 6 heteroatoms. The molecule has 1 fully saturated rings. The van der Waals surface area contributed by atoms with E-state index in [-0.39, 0.29) is 18.3 Å². The van der Waals surface area contributed by atoms with Gasteiger partial charge in [-0.1, -0.05) is 0 Å². The van der Waals surface area contributed by atoms with E-state index in [1.54, 1.807) is 7.11 Å². The molecule has 0 aliphatic heterocycles. The summed E-state index contributed by atoms with van der Waals surface area (Å²) in [6.07, 6.45) is 2.58. The maximum atomic E-state index is 11.7. The van der Waals surface area contributed by atoms with Gasteiger partial charge in [-0.05, 0) is 59.4 Å². The van der Waals surface area contributed by atoms with Gasteiger partial charge in [-0.2, -0.15) is 0 Å². The van der Waals surface area contributed by atoms with E-state index in [0.29, 0.717) is 6.54 Å². The van der Waals surface area contributed by atoms with Crippen molar-refractivity contribution in [2.75, 3.05) is 25.5 Å². The Morgan fingerprint density at radius 1 is 1.47 bits per heavy atom. The number of benzene rings is 1. The minimum absolute atomic E-state index is 0. The van der Waals surface area contributed by atoms with Gasteiger partial charge in [0.1, 0.15) is 5.75 Å². The lowest BCUT2D eigenvalue weighted by Gasteiger charge is -2.08. The molecule has 106 valence electrons. The van der Waals surface area contributed by atoms with Crippen LogP contribution < -0.4 is 15.4 Å². The summed E-state index contributed by atoms with van der Waals surface area (Å²) in [6, 6.07) is 5.47. The summed E-state index contributed by atoms with van der Waals surface area (Å²) in [5.74, 6) is 1.51. The lowest BCUT2D eigenvalue weighted by molar-refractivity contribution is -0.115. The smallest absolute Gasteiger partial charge is 0.238 e. The van der Waals surface area contributed by atoms with Gasteiger partial charge >= 0.3 is 0 Å². The summed E-state index contributed by atoms with van der Waals surface area (Å²) in [4.78, 5) is 11.7. The fourth-order valence-electron chi connectivity index (χ4n) is 1.66. The van der Waals surface area contributed by atoms with Crippen LogP contribution >= 0.6 is 28.3 Å². The molecular weight excluding hydrogens is 332 g/mol. The molecule has 0 aromatic heterocycles. The molecule has 1 aliphatic carbocycles. The highest BCUT2D eigenvalue weighted by molar-refractivity contribution is 9.10. The molecule has 1 aromatic rings. The average molecular weight is 350 g/mol. The molecule has 2 N–H and O–H groups in total. The van der Waals surface area contributed by atoms with Crippen molar-refractivity contribution in [3.05, 3.63) is 22.7 Å². The fraction of sp³-hybridized carbons (Fsp3) is 0.462. The highest BCUT2D eigenvalue weighted by Crippen LogP contribution is 2.28. The van der Waals surface area contributed by atoms with Crippen LogP contribution in [0.4, 0.5) is 5.69 Å². The maximum absolute atomic E-state index is 11.7. The SMILES string of the molecule is COc1ccc(NC(=O)CNCC2CC2)cc1Br.Cl. The third kappa shape index (κ3) is 5.38. The van der Waals surface area contributed by atoms with Gasteiger partial charge in [0.15, 0.2) is 0 Å². The van der Waals surface area contributed by atoms with Crippen molar-refractivity contribution in [2.24, 2.45) is 5.92 Å². The predicted octanol–water partition coefficient (Wildman–Crippen LogP) is 2.82. The molecule has 0 unspecified atom stereocenters. The molecule has 1 aliphatic rings. The fourth-order valence-corrected chi connectivity index (χ4v) is 2.20. The van der Waals surface area contributed by atoms with Crippen LogP contribution in [0.3, 0.4) is 0 Å². The van der Waals surface area contributed by atoms with Crippen LogP contribution in [0.5, 0.6) is 5.75 Å². The highest BCUT2D eigenvalue weighted by atomic mass is 79.9. The average Bonchev–Trinajstić information content (AvgIpc) is 3.13. The molecule has 0 saturated heterocycles. The molecule has 0 spiro atoms. The van der Waals surface area contributed by atoms with Crippen LogP contribution in [0.1, 0.15) is 12.8 Å². The van der Waals surface area contributed by atoms with E-state index >= 15 is 0 Å². The number of carbonyl (C=O) groups excluding carboxylic acids is 1. The Kier molecular flexibility index (Phi) is 6.62. The lowest BCUT2D eigenvalue weighted by atomic mass is 10.3. The number of hydrogen-bond acceptors (Lipinski definition) is 3. The van der Waals surface area contributed by atoms with E-state index in [0.717, 1.165) is 28.4 Å². The summed E-state index contributed by atoms with van der Waals surface area (Å²) in [6.45, 7) is 1.31. The molecular formula is C13H18BrClN2O2. The lowest BCUT2D eigenvalue weighted by Crippen LogP contribution is -2.29. The number of amides is 1. The Morgan fingerprint density at radius 3 is 2.79 bits per heavy atom. The first kappa shape index (κ1) is 16.3. The van der Waals surface area contributed by atoms with E-state index in [1.807, 2.05) is 18.2 Å². The van der Waals surface area contributed by atoms with Crippen LogP contribution in [0.25, 0.3) is 0 Å². The zero-order chi connectivity index (χ0) is 13.0. The number of nitrogens with one attached hydrogen (secondary N) is 2. The largest absolute Gasteiger partial charge is 0.496 e. The number of halogens is 2. The summed E-state index contributed by atoms with van der Waals surface area (Å²) in [7, 11) is 1.61. The van der Waals surface area contributed by atoms with Crippen LogP contribution in [-0.2, 0) is 4.79 Å². The first-order chi connectivity index (χ1) is 8.69. The Balaban J connectivity index is 0.00000180. The third-order valence-electron chi connectivity index (χ3n) is 2.85. The van der Waals surface area contributed by atoms with Gasteiger partial charge in [-0.3, -0.25) is 4.79 Å². The van der Waals surface area contributed by atoms with E-state index in [9.17, 15) is 4.79 Å². The van der Waals surface area contributed by atoms with Gasteiger partial charge in [-0.25, -0.2) is 0 Å².